The molecule has 1 atom stereocenters. The summed E-state index contributed by atoms with van der Waals surface area (Å²) in [5.74, 6) is 3.07. The van der Waals surface area contributed by atoms with E-state index in [1.54, 1.807) is 6.20 Å². The molecule has 33 heavy (non-hydrogen) atoms. The van der Waals surface area contributed by atoms with E-state index in [2.05, 4.69) is 62.7 Å². The Labute approximate surface area is 200 Å². The Balaban J connectivity index is 1.36. The van der Waals surface area contributed by atoms with Crippen molar-refractivity contribution in [1.82, 2.24) is 20.3 Å². The average molecular weight is 460 g/mol. The molecule has 0 radical (unpaired) electrons. The third-order valence-electron chi connectivity index (χ3n) is 6.25. The second-order valence-corrected chi connectivity index (χ2v) is 9.30. The minimum atomic E-state index is 0.499. The van der Waals surface area contributed by atoms with Crippen LogP contribution in [0, 0.1) is 5.92 Å². The molecule has 3 aromatic rings. The molecule has 2 N–H and O–H groups in total. The Bertz CT molecular complexity index is 1100. The van der Waals surface area contributed by atoms with Gasteiger partial charge in [0.05, 0.1) is 0 Å². The van der Waals surface area contributed by atoms with Gasteiger partial charge in [-0.3, -0.25) is 4.98 Å². The number of thiocarbonyl (C=S) groups is 1. The zero-order valence-electron chi connectivity index (χ0n) is 18.9. The Morgan fingerprint density at radius 1 is 1.06 bits per heavy atom. The van der Waals surface area contributed by atoms with Gasteiger partial charge in [-0.1, -0.05) is 37.3 Å². The first kappa shape index (κ1) is 21.6. The van der Waals surface area contributed by atoms with Crippen molar-refractivity contribution < 1.29 is 0 Å². The maximum absolute atomic E-state index is 5.54. The van der Waals surface area contributed by atoms with Crippen LogP contribution in [0.25, 0.3) is 0 Å². The van der Waals surface area contributed by atoms with Crippen molar-refractivity contribution in [2.75, 3.05) is 28.2 Å². The molecule has 0 saturated carbocycles. The van der Waals surface area contributed by atoms with Crippen molar-refractivity contribution in [2.24, 2.45) is 5.92 Å². The lowest BCUT2D eigenvalue weighted by molar-refractivity contribution is 0.444. The number of rotatable bonds is 5. The smallest absolute Gasteiger partial charge is 0.232 e. The molecule has 7 nitrogen and oxygen atoms in total. The minimum absolute atomic E-state index is 0.499. The summed E-state index contributed by atoms with van der Waals surface area (Å²) >= 11 is 5.54. The van der Waals surface area contributed by atoms with Crippen LogP contribution in [0.1, 0.15) is 36.5 Å². The summed E-state index contributed by atoms with van der Waals surface area (Å²) in [4.78, 5) is 18.5. The number of hydrogen-bond acceptors (Lipinski definition) is 6. The maximum atomic E-state index is 5.54. The number of aromatic nitrogens is 3. The fraction of sp³-hybridized carbons (Fsp3) is 0.360. The molecule has 1 fully saturated rings. The van der Waals surface area contributed by atoms with Crippen LogP contribution in [0.5, 0.6) is 0 Å². The molecule has 170 valence electrons. The van der Waals surface area contributed by atoms with Crippen molar-refractivity contribution in [3.63, 3.8) is 0 Å². The molecule has 1 saturated heterocycles. The van der Waals surface area contributed by atoms with Crippen molar-refractivity contribution in [3.8, 4) is 0 Å². The van der Waals surface area contributed by atoms with E-state index in [0.717, 1.165) is 43.4 Å². The predicted molar refractivity (Wildman–Crippen MR) is 136 cm³/mol. The number of hydrogen-bond donors (Lipinski definition) is 2. The lowest BCUT2D eigenvalue weighted by Gasteiger charge is -2.32. The van der Waals surface area contributed by atoms with Crippen LogP contribution >= 0.6 is 12.2 Å². The molecule has 0 bridgehead atoms. The molecule has 4 heterocycles. The van der Waals surface area contributed by atoms with E-state index in [0.29, 0.717) is 23.5 Å². The van der Waals surface area contributed by atoms with E-state index in [9.17, 15) is 0 Å². The number of fused-ring (bicyclic) bond motifs is 1. The lowest BCUT2D eigenvalue weighted by atomic mass is 10.0. The van der Waals surface area contributed by atoms with Crippen LogP contribution in [0.3, 0.4) is 0 Å². The van der Waals surface area contributed by atoms with Gasteiger partial charge >= 0.3 is 0 Å². The van der Waals surface area contributed by atoms with Gasteiger partial charge in [-0.15, -0.1) is 0 Å². The standard InChI is InChI=1S/C25H29N7S/c1-18-6-5-11-31(15-18)22-12-23(32-16-20-8-2-3-9-21(20)17-32)29-24(28-22)30-25(33)27-14-19-7-4-10-26-13-19/h2-4,7-10,12-13,18H,5-6,11,14-17H2,1H3,(H2,27,28,29,30,33)/t18-/m0/s1. The molecule has 0 aliphatic carbocycles. The normalized spacial score (nSPS) is 17.5. The number of benzene rings is 1. The molecule has 0 spiro atoms. The monoisotopic (exact) mass is 459 g/mol. The van der Waals surface area contributed by atoms with Gasteiger partial charge in [0.15, 0.2) is 5.11 Å². The van der Waals surface area contributed by atoms with Crippen LogP contribution in [0.4, 0.5) is 17.6 Å². The van der Waals surface area contributed by atoms with Crippen LogP contribution in [-0.2, 0) is 19.6 Å². The molecular weight excluding hydrogens is 430 g/mol. The van der Waals surface area contributed by atoms with Gasteiger partial charge in [0.1, 0.15) is 11.6 Å². The highest BCUT2D eigenvalue weighted by Gasteiger charge is 2.24. The second-order valence-electron chi connectivity index (χ2n) is 8.90. The summed E-state index contributed by atoms with van der Waals surface area (Å²) in [5, 5.41) is 6.94. The van der Waals surface area contributed by atoms with E-state index in [-0.39, 0.29) is 0 Å². The van der Waals surface area contributed by atoms with Gasteiger partial charge in [-0.2, -0.15) is 9.97 Å². The van der Waals surface area contributed by atoms with Gasteiger partial charge in [-0.25, -0.2) is 0 Å². The summed E-state index contributed by atoms with van der Waals surface area (Å²) in [6, 6.07) is 14.6. The van der Waals surface area contributed by atoms with Gasteiger partial charge < -0.3 is 20.4 Å². The van der Waals surface area contributed by atoms with Crippen LogP contribution in [0.15, 0.2) is 54.9 Å². The Kier molecular flexibility index (Phi) is 6.35. The van der Waals surface area contributed by atoms with Crippen molar-refractivity contribution >= 4 is 34.9 Å². The quantitative estimate of drug-likeness (QED) is 0.553. The molecule has 2 aromatic heterocycles. The zero-order valence-corrected chi connectivity index (χ0v) is 19.7. The molecule has 5 rings (SSSR count). The second kappa shape index (κ2) is 9.70. The number of piperidine rings is 1. The average Bonchev–Trinajstić information content (AvgIpc) is 3.28. The Morgan fingerprint density at radius 2 is 1.82 bits per heavy atom. The van der Waals surface area contributed by atoms with Crippen LogP contribution in [0.2, 0.25) is 0 Å². The highest BCUT2D eigenvalue weighted by molar-refractivity contribution is 7.80. The maximum Gasteiger partial charge on any atom is 0.232 e. The molecule has 0 unspecified atom stereocenters. The lowest BCUT2D eigenvalue weighted by Crippen LogP contribution is -2.35. The SMILES string of the molecule is C[C@H]1CCCN(c2cc(N3Cc4ccccc4C3)nc(NC(=S)NCc3cccnc3)n2)C1. The number of nitrogens with one attached hydrogen (secondary N) is 2. The largest absolute Gasteiger partial charge is 0.358 e. The van der Waals surface area contributed by atoms with Crippen molar-refractivity contribution in [2.45, 2.75) is 39.4 Å². The zero-order chi connectivity index (χ0) is 22.6. The topological polar surface area (TPSA) is 69.2 Å². The van der Waals surface area contributed by atoms with E-state index in [4.69, 9.17) is 22.2 Å². The summed E-state index contributed by atoms with van der Waals surface area (Å²) in [6.45, 7) is 6.64. The predicted octanol–water partition coefficient (Wildman–Crippen LogP) is 4.11. The summed E-state index contributed by atoms with van der Waals surface area (Å²) in [5.41, 5.74) is 3.77. The fourth-order valence-electron chi connectivity index (χ4n) is 4.53. The molecule has 1 aromatic carbocycles. The first-order chi connectivity index (χ1) is 16.1. The molecular formula is C25H29N7S. The Hall–Kier alpha value is -3.26. The minimum Gasteiger partial charge on any atom is -0.358 e. The number of pyridine rings is 1. The van der Waals surface area contributed by atoms with Crippen LogP contribution in [-0.4, -0.2) is 33.2 Å². The highest BCUT2D eigenvalue weighted by Crippen LogP contribution is 2.31. The van der Waals surface area contributed by atoms with Crippen molar-refractivity contribution in [3.05, 3.63) is 71.5 Å². The Morgan fingerprint density at radius 3 is 2.52 bits per heavy atom. The first-order valence-electron chi connectivity index (χ1n) is 11.5. The first-order valence-corrected chi connectivity index (χ1v) is 11.9. The van der Waals surface area contributed by atoms with Crippen LogP contribution < -0.4 is 20.4 Å². The van der Waals surface area contributed by atoms with Gasteiger partial charge in [0, 0.05) is 51.2 Å². The third kappa shape index (κ3) is 5.22. The molecule has 8 heteroatoms. The van der Waals surface area contributed by atoms with Gasteiger partial charge in [0.2, 0.25) is 5.95 Å². The number of anilines is 3. The fourth-order valence-corrected chi connectivity index (χ4v) is 4.69. The molecule has 0 amide bonds. The van der Waals surface area contributed by atoms with Gasteiger partial charge in [-0.05, 0) is 53.7 Å². The van der Waals surface area contributed by atoms with E-state index < -0.39 is 0 Å². The highest BCUT2D eigenvalue weighted by atomic mass is 32.1. The number of nitrogens with zero attached hydrogens (tertiary/aromatic N) is 5. The summed E-state index contributed by atoms with van der Waals surface area (Å²) in [7, 11) is 0. The third-order valence-corrected chi connectivity index (χ3v) is 6.49. The van der Waals surface area contributed by atoms with E-state index in [1.807, 2.05) is 18.3 Å². The van der Waals surface area contributed by atoms with E-state index in [1.165, 1.54) is 24.0 Å². The molecule has 2 aliphatic rings. The summed E-state index contributed by atoms with van der Waals surface area (Å²) in [6.07, 6.45) is 6.04. The van der Waals surface area contributed by atoms with Crippen molar-refractivity contribution in [1.29, 1.82) is 0 Å². The van der Waals surface area contributed by atoms with Gasteiger partial charge in [0.25, 0.3) is 0 Å². The molecule has 2 aliphatic heterocycles. The summed E-state index contributed by atoms with van der Waals surface area (Å²) < 4.78 is 0. The van der Waals surface area contributed by atoms with E-state index >= 15 is 0 Å².